The zero-order valence-electron chi connectivity index (χ0n) is 24.3. The standard InChI is InChI=1S/C26H29F2N7O5.C2H6/c1-14-9-18(27)19(30-23(36)17-12-29-35(21(17)28)25(2,3)4)11-16(14)15-10-20(33-5-7-40-8-6-33)22-31-24(26(37,38)39)32-34(22)13-15;1-2/h9-13,37-39H,5-8H2,1-4H3,(H,30,36);1-2H3. The Bertz CT molecular complexity index is 1600. The molecule has 1 aliphatic heterocycles. The number of fused-ring (bicyclic) bond motifs is 1. The number of aromatic nitrogens is 5. The molecular weight excluding hydrogens is 552 g/mol. The fourth-order valence-corrected chi connectivity index (χ4v) is 4.52. The summed E-state index contributed by atoms with van der Waals surface area (Å²) in [6.07, 6.45) is 2.62. The Morgan fingerprint density at radius 1 is 1.07 bits per heavy atom. The lowest BCUT2D eigenvalue weighted by Gasteiger charge is -2.29. The van der Waals surface area contributed by atoms with Gasteiger partial charge in [-0.15, -0.1) is 5.10 Å². The van der Waals surface area contributed by atoms with E-state index < -0.39 is 35.0 Å². The Balaban J connectivity index is 0.00000198. The molecule has 1 fully saturated rings. The van der Waals surface area contributed by atoms with Crippen LogP contribution in [0.3, 0.4) is 0 Å². The van der Waals surface area contributed by atoms with Crippen LogP contribution in [0.1, 0.15) is 56.4 Å². The fraction of sp³-hybridized carbons (Fsp3) is 0.429. The second-order valence-corrected chi connectivity index (χ2v) is 10.6. The van der Waals surface area contributed by atoms with Crippen LogP contribution in [-0.2, 0) is 16.2 Å². The van der Waals surface area contributed by atoms with Crippen molar-refractivity contribution < 1.29 is 33.6 Å². The molecule has 0 atom stereocenters. The van der Waals surface area contributed by atoms with E-state index in [9.17, 15) is 24.5 Å². The zero-order valence-corrected chi connectivity index (χ0v) is 24.3. The quantitative estimate of drug-likeness (QED) is 0.258. The van der Waals surface area contributed by atoms with Crippen LogP contribution in [0.25, 0.3) is 16.8 Å². The number of aryl methyl sites for hydroxylation is 1. The smallest absolute Gasteiger partial charge is 0.342 e. The van der Waals surface area contributed by atoms with Crippen molar-refractivity contribution in [3.8, 4) is 11.1 Å². The zero-order chi connectivity index (χ0) is 31.0. The first kappa shape index (κ1) is 31.0. The lowest BCUT2D eigenvalue weighted by atomic mass is 10.00. The molecule has 0 aliphatic carbocycles. The maximum atomic E-state index is 15.0. The molecule has 4 N–H and O–H groups in total. The highest BCUT2D eigenvalue weighted by molar-refractivity contribution is 6.04. The molecule has 42 heavy (non-hydrogen) atoms. The summed E-state index contributed by atoms with van der Waals surface area (Å²) in [6, 6.07) is 4.43. The third-order valence-corrected chi connectivity index (χ3v) is 6.53. The van der Waals surface area contributed by atoms with Crippen molar-refractivity contribution in [2.75, 3.05) is 36.5 Å². The summed E-state index contributed by atoms with van der Waals surface area (Å²) in [5.74, 6) is -6.30. The van der Waals surface area contributed by atoms with Crippen molar-refractivity contribution in [3.63, 3.8) is 0 Å². The molecule has 0 spiro atoms. The van der Waals surface area contributed by atoms with Gasteiger partial charge in [-0.2, -0.15) is 9.49 Å². The molecule has 3 aromatic heterocycles. The van der Waals surface area contributed by atoms with Crippen molar-refractivity contribution in [2.45, 2.75) is 53.1 Å². The van der Waals surface area contributed by atoms with Gasteiger partial charge in [0.25, 0.3) is 5.91 Å². The molecule has 4 heterocycles. The van der Waals surface area contributed by atoms with Crippen LogP contribution in [0.2, 0.25) is 0 Å². The Hall–Kier alpha value is -3.98. The Morgan fingerprint density at radius 3 is 2.33 bits per heavy atom. The molecule has 0 bridgehead atoms. The maximum absolute atomic E-state index is 15.0. The number of hydrogen-bond acceptors (Lipinski definition) is 9. The number of ether oxygens (including phenoxy) is 1. The molecule has 14 heteroatoms. The normalized spacial score (nSPS) is 14.1. The van der Waals surface area contributed by atoms with Gasteiger partial charge in [-0.05, 0) is 57.0 Å². The van der Waals surface area contributed by atoms with E-state index in [1.807, 2.05) is 18.7 Å². The molecule has 0 unspecified atom stereocenters. The number of morpholine rings is 1. The first-order valence-corrected chi connectivity index (χ1v) is 13.5. The van der Waals surface area contributed by atoms with Gasteiger partial charge in [0.1, 0.15) is 11.4 Å². The second-order valence-electron chi connectivity index (χ2n) is 10.6. The summed E-state index contributed by atoms with van der Waals surface area (Å²) in [7, 11) is 0. The SMILES string of the molecule is CC.Cc1cc(F)c(NC(=O)c2cnn(C(C)(C)C)c2F)cc1-c1cc(N2CCOCC2)c2nc(C(O)(O)O)nn2c1. The van der Waals surface area contributed by atoms with Crippen LogP contribution in [0.4, 0.5) is 20.2 Å². The highest BCUT2D eigenvalue weighted by Crippen LogP contribution is 2.34. The van der Waals surface area contributed by atoms with Gasteiger partial charge < -0.3 is 30.3 Å². The minimum atomic E-state index is -3.26. The number of halogens is 2. The fourth-order valence-electron chi connectivity index (χ4n) is 4.52. The van der Waals surface area contributed by atoms with Gasteiger partial charge in [0.2, 0.25) is 11.8 Å². The van der Waals surface area contributed by atoms with E-state index in [0.29, 0.717) is 48.7 Å². The third-order valence-electron chi connectivity index (χ3n) is 6.53. The van der Waals surface area contributed by atoms with Crippen molar-refractivity contribution >= 4 is 22.9 Å². The van der Waals surface area contributed by atoms with E-state index >= 15 is 4.39 Å². The topological polar surface area (TPSA) is 150 Å². The van der Waals surface area contributed by atoms with E-state index in [1.54, 1.807) is 33.8 Å². The maximum Gasteiger partial charge on any atom is 0.342 e. The Morgan fingerprint density at radius 2 is 1.74 bits per heavy atom. The van der Waals surface area contributed by atoms with E-state index in [2.05, 4.69) is 20.5 Å². The first-order chi connectivity index (χ1) is 19.7. The second kappa shape index (κ2) is 11.7. The molecule has 12 nitrogen and oxygen atoms in total. The third kappa shape index (κ3) is 6.11. The summed E-state index contributed by atoms with van der Waals surface area (Å²) >= 11 is 0. The van der Waals surface area contributed by atoms with Gasteiger partial charge >= 0.3 is 5.97 Å². The highest BCUT2D eigenvalue weighted by atomic mass is 19.1. The predicted molar refractivity (Wildman–Crippen MR) is 151 cm³/mol. The van der Waals surface area contributed by atoms with Crippen LogP contribution in [0, 0.1) is 18.7 Å². The van der Waals surface area contributed by atoms with E-state index in [-0.39, 0.29) is 16.9 Å². The molecule has 1 amide bonds. The summed E-state index contributed by atoms with van der Waals surface area (Å²) in [6.45, 7) is 12.8. The number of rotatable bonds is 5. The Labute approximate surface area is 241 Å². The van der Waals surface area contributed by atoms with Crippen LogP contribution < -0.4 is 10.2 Å². The monoisotopic (exact) mass is 587 g/mol. The molecule has 0 saturated carbocycles. The summed E-state index contributed by atoms with van der Waals surface area (Å²) in [5, 5.41) is 39.4. The number of anilines is 2. The molecule has 0 radical (unpaired) electrons. The lowest BCUT2D eigenvalue weighted by molar-refractivity contribution is -0.328. The van der Waals surface area contributed by atoms with Crippen molar-refractivity contribution in [1.82, 2.24) is 24.4 Å². The van der Waals surface area contributed by atoms with Crippen LogP contribution >= 0.6 is 0 Å². The number of carbonyl (C=O) groups is 1. The van der Waals surface area contributed by atoms with Gasteiger partial charge in [-0.3, -0.25) is 4.79 Å². The van der Waals surface area contributed by atoms with Gasteiger partial charge in [0.05, 0.1) is 36.3 Å². The molecule has 1 saturated heterocycles. The summed E-state index contributed by atoms with van der Waals surface area (Å²) in [5.41, 5.74) is 1.17. The minimum Gasteiger partial charge on any atom is -0.378 e. The molecule has 5 rings (SSSR count). The highest BCUT2D eigenvalue weighted by Gasteiger charge is 2.30. The number of carbonyl (C=O) groups excluding carboxylic acids is 1. The number of nitrogens with one attached hydrogen (secondary N) is 1. The van der Waals surface area contributed by atoms with E-state index in [1.165, 1.54) is 22.8 Å². The van der Waals surface area contributed by atoms with Crippen molar-refractivity contribution in [2.24, 2.45) is 0 Å². The summed E-state index contributed by atoms with van der Waals surface area (Å²) in [4.78, 5) is 19.0. The minimum absolute atomic E-state index is 0.180. The molecule has 4 aromatic rings. The van der Waals surface area contributed by atoms with Gasteiger partial charge in [-0.1, -0.05) is 13.8 Å². The average molecular weight is 588 g/mol. The van der Waals surface area contributed by atoms with Crippen LogP contribution in [0.5, 0.6) is 0 Å². The van der Waals surface area contributed by atoms with Gasteiger partial charge in [0, 0.05) is 24.8 Å². The largest absolute Gasteiger partial charge is 0.378 e. The molecular formula is C28H35F2N7O5. The van der Waals surface area contributed by atoms with Crippen LogP contribution in [0.15, 0.2) is 30.6 Å². The predicted octanol–water partition coefficient (Wildman–Crippen LogP) is 3.14. The number of aliphatic hydroxyl groups is 3. The summed E-state index contributed by atoms with van der Waals surface area (Å²) < 4.78 is 37.7. The molecule has 1 aromatic carbocycles. The lowest BCUT2D eigenvalue weighted by Crippen LogP contribution is -2.36. The van der Waals surface area contributed by atoms with Crippen molar-refractivity contribution in [1.29, 1.82) is 0 Å². The molecule has 226 valence electrons. The first-order valence-electron chi connectivity index (χ1n) is 13.5. The van der Waals surface area contributed by atoms with Crippen molar-refractivity contribution in [3.05, 3.63) is 59.3 Å². The Kier molecular flexibility index (Phi) is 8.64. The van der Waals surface area contributed by atoms with Crippen LogP contribution in [-0.4, -0.2) is 71.9 Å². The number of hydrogen-bond donors (Lipinski definition) is 4. The molecule has 1 aliphatic rings. The van der Waals surface area contributed by atoms with E-state index in [0.717, 1.165) is 10.9 Å². The number of pyridine rings is 1. The van der Waals surface area contributed by atoms with Gasteiger partial charge in [0.15, 0.2) is 5.65 Å². The van der Waals surface area contributed by atoms with Gasteiger partial charge in [-0.25, -0.2) is 18.6 Å². The number of amides is 1. The average Bonchev–Trinajstić information content (AvgIpc) is 3.55. The van der Waals surface area contributed by atoms with E-state index in [4.69, 9.17) is 4.74 Å². The number of benzene rings is 1. The number of nitrogens with zero attached hydrogens (tertiary/aromatic N) is 6.